The minimum Gasteiger partial charge on any atom is -0.381 e. The number of halogens is 2. The quantitative estimate of drug-likeness (QED) is 0.144. The van der Waals surface area contributed by atoms with Gasteiger partial charge in [0.25, 0.3) is 5.91 Å². The predicted octanol–water partition coefficient (Wildman–Crippen LogP) is 7.94. The Balaban J connectivity index is 1.16. The van der Waals surface area contributed by atoms with Gasteiger partial charge in [-0.3, -0.25) is 23.9 Å². The number of hydrogen-bond acceptors (Lipinski definition) is 8. The number of amides is 1. The molecule has 0 spiro atoms. The number of carbonyl (C=O) groups excluding carboxylic acids is 1. The minimum absolute atomic E-state index is 0.0409. The van der Waals surface area contributed by atoms with Crippen molar-refractivity contribution in [3.8, 4) is 17.2 Å². The largest absolute Gasteiger partial charge is 0.381 e. The van der Waals surface area contributed by atoms with E-state index in [2.05, 4.69) is 32.5 Å². The molecule has 6 heterocycles. The van der Waals surface area contributed by atoms with E-state index in [1.807, 2.05) is 24.5 Å². The maximum absolute atomic E-state index is 15.9. The van der Waals surface area contributed by atoms with Gasteiger partial charge in [-0.05, 0) is 112 Å². The van der Waals surface area contributed by atoms with E-state index in [0.29, 0.717) is 83.9 Å². The third-order valence-corrected chi connectivity index (χ3v) is 15.0. The van der Waals surface area contributed by atoms with Crippen molar-refractivity contribution in [1.82, 2.24) is 38.3 Å². The van der Waals surface area contributed by atoms with Gasteiger partial charge in [0, 0.05) is 74.0 Å². The Kier molecular flexibility index (Phi) is 11.0. The Morgan fingerprint density at radius 2 is 1.70 bits per heavy atom. The van der Waals surface area contributed by atoms with Crippen molar-refractivity contribution in [2.75, 3.05) is 32.6 Å². The molecule has 0 unspecified atom stereocenters. The molecule has 0 N–H and O–H groups in total. The molecule has 1 amide bonds. The van der Waals surface area contributed by atoms with E-state index in [1.54, 1.807) is 54.9 Å². The molecule has 4 aromatic heterocycles. The van der Waals surface area contributed by atoms with Crippen LogP contribution in [0.2, 0.25) is 0 Å². The summed E-state index contributed by atoms with van der Waals surface area (Å²) in [6.07, 6.45) is 8.68. The van der Waals surface area contributed by atoms with Crippen LogP contribution in [0.1, 0.15) is 88.5 Å². The molecule has 2 aliphatic rings. The average Bonchev–Trinajstić information content (AvgIpc) is 3.98. The molecule has 13 nitrogen and oxygen atoms in total. The molecule has 63 heavy (non-hydrogen) atoms. The van der Waals surface area contributed by atoms with E-state index >= 15 is 13.6 Å². The number of hydrogen-bond donors (Lipinski definition) is 0. The summed E-state index contributed by atoms with van der Waals surface area (Å²) in [4.78, 5) is 40.9. The lowest BCUT2D eigenvalue weighted by molar-refractivity contribution is 0.0667. The zero-order chi connectivity index (χ0) is 44.3. The van der Waals surface area contributed by atoms with Gasteiger partial charge in [-0.15, -0.1) is 0 Å². The van der Waals surface area contributed by atoms with Crippen LogP contribution < -0.4 is 5.69 Å². The van der Waals surface area contributed by atoms with Crippen LogP contribution in [0, 0.1) is 32.4 Å². The smallest absolute Gasteiger partial charge is 0.338 e. The van der Waals surface area contributed by atoms with E-state index in [0.717, 1.165) is 35.5 Å². The maximum Gasteiger partial charge on any atom is 0.338 e. The van der Waals surface area contributed by atoms with Crippen molar-refractivity contribution < 1.29 is 22.5 Å². The third-order valence-electron chi connectivity index (χ3n) is 12.6. The summed E-state index contributed by atoms with van der Waals surface area (Å²) in [7, 11) is -1.38. The second-order valence-electron chi connectivity index (χ2n) is 16.4. The number of rotatable bonds is 9. The molecule has 7 aromatic rings. The fourth-order valence-electron chi connectivity index (χ4n) is 9.12. The standard InChI is InChI=1S/C47H49F2N9O4S/c1-7-63(61,50-6)37-9-11-41(38(48)24-37)55-16-17-56(47(55)60)45-43-31(5)54(15-12-39(43)53-58(45)36-20-28(2)44(49)29(3)21-36)46(59)42-23-34-22-33(32-13-18-62-19-14-32)8-10-40(34)57(42)27-35-26-51-30(4)25-52-35/h8-11,16-17,20-26,31-32H,7,12-15,18-19,27H2,1-6H3/t31-,63-/m0/s1. The first kappa shape index (κ1) is 42.1. The van der Waals surface area contributed by atoms with Crippen LogP contribution in [-0.2, 0) is 27.4 Å². The van der Waals surface area contributed by atoms with Gasteiger partial charge in [0.05, 0.1) is 61.9 Å². The van der Waals surface area contributed by atoms with Crippen LogP contribution in [0.3, 0.4) is 0 Å². The zero-order valence-electron chi connectivity index (χ0n) is 36.1. The van der Waals surface area contributed by atoms with Gasteiger partial charge in [-0.2, -0.15) is 5.10 Å². The van der Waals surface area contributed by atoms with Gasteiger partial charge in [0.15, 0.2) is 0 Å². The monoisotopic (exact) mass is 873 g/mol. The molecule has 16 heteroatoms. The lowest BCUT2D eigenvalue weighted by atomic mass is 9.91. The molecule has 0 bridgehead atoms. The molecule has 0 radical (unpaired) electrons. The van der Waals surface area contributed by atoms with E-state index in [4.69, 9.17) is 9.84 Å². The number of ether oxygens (including phenoxy) is 1. The van der Waals surface area contributed by atoms with Gasteiger partial charge >= 0.3 is 5.69 Å². The first-order valence-electron chi connectivity index (χ1n) is 21.2. The summed E-state index contributed by atoms with van der Waals surface area (Å²) >= 11 is 0. The number of aryl methyl sites for hydroxylation is 3. The summed E-state index contributed by atoms with van der Waals surface area (Å²) in [5.41, 5.74) is 6.06. The SMILES string of the molecule is CC[S@@](=O)(=NC)c1ccc(-n2ccn(-c3c4c(nn3-c3cc(C)c(F)c(C)c3)CCN(C(=O)c3cc5cc(C6CCOCC6)ccc5n3Cc3cnc(C)cn3)[C@H]4C)c2=O)c(F)c1. The summed E-state index contributed by atoms with van der Waals surface area (Å²) < 4.78 is 60.1. The van der Waals surface area contributed by atoms with Crippen LogP contribution in [0.4, 0.5) is 8.78 Å². The number of imidazole rings is 1. The molecule has 2 aliphatic heterocycles. The van der Waals surface area contributed by atoms with Crippen molar-refractivity contribution in [2.45, 2.75) is 77.3 Å². The van der Waals surface area contributed by atoms with Gasteiger partial charge in [0.2, 0.25) is 0 Å². The average molecular weight is 874 g/mol. The number of nitrogens with zero attached hydrogens (tertiary/aromatic N) is 9. The number of fused-ring (bicyclic) bond motifs is 2. The van der Waals surface area contributed by atoms with E-state index in [9.17, 15) is 9.00 Å². The van der Waals surface area contributed by atoms with E-state index in [-0.39, 0.29) is 28.1 Å². The highest BCUT2D eigenvalue weighted by Gasteiger charge is 2.37. The number of aromatic nitrogens is 7. The lowest BCUT2D eigenvalue weighted by Gasteiger charge is -2.34. The molecule has 0 saturated carbocycles. The Bertz CT molecular complexity index is 3090. The predicted molar refractivity (Wildman–Crippen MR) is 237 cm³/mol. The first-order chi connectivity index (χ1) is 30.3. The molecule has 2 atom stereocenters. The van der Waals surface area contributed by atoms with Gasteiger partial charge in [-0.25, -0.2) is 26.8 Å². The van der Waals surface area contributed by atoms with E-state index < -0.39 is 27.3 Å². The van der Waals surface area contributed by atoms with Crippen LogP contribution >= 0.6 is 0 Å². The molecule has 3 aromatic carbocycles. The zero-order valence-corrected chi connectivity index (χ0v) is 37.0. The Hall–Kier alpha value is -6.26. The molecule has 9 rings (SSSR count). The molecular formula is C47H49F2N9O4S. The van der Waals surface area contributed by atoms with Crippen molar-refractivity contribution in [3.05, 3.63) is 147 Å². The molecule has 1 fully saturated rings. The third kappa shape index (κ3) is 7.38. The summed E-state index contributed by atoms with van der Waals surface area (Å²) in [5, 5.41) is 5.98. The summed E-state index contributed by atoms with van der Waals surface area (Å²) in [6.45, 7) is 10.9. The normalized spacial score (nSPS) is 16.6. The van der Waals surface area contributed by atoms with Crippen molar-refractivity contribution in [1.29, 1.82) is 0 Å². The summed E-state index contributed by atoms with van der Waals surface area (Å²) in [6, 6.07) is 15.2. The van der Waals surface area contributed by atoms with Crippen LogP contribution in [0.15, 0.2) is 93.4 Å². The molecular weight excluding hydrogens is 825 g/mol. The van der Waals surface area contributed by atoms with Crippen LogP contribution in [0.5, 0.6) is 0 Å². The van der Waals surface area contributed by atoms with Gasteiger partial charge in [0.1, 0.15) is 23.1 Å². The van der Waals surface area contributed by atoms with E-state index in [1.165, 1.54) is 46.3 Å². The first-order valence-corrected chi connectivity index (χ1v) is 22.9. The molecule has 0 aliphatic carbocycles. The Morgan fingerprint density at radius 3 is 2.38 bits per heavy atom. The number of carbonyl (C=O) groups is 1. The highest BCUT2D eigenvalue weighted by atomic mass is 32.2. The van der Waals surface area contributed by atoms with Crippen LogP contribution in [-0.4, -0.2) is 81.0 Å². The molecule has 1 saturated heterocycles. The highest BCUT2D eigenvalue weighted by Crippen LogP contribution is 2.38. The lowest BCUT2D eigenvalue weighted by Crippen LogP contribution is -2.40. The number of benzene rings is 3. The summed E-state index contributed by atoms with van der Waals surface area (Å²) in [5.74, 6) is -0.387. The highest BCUT2D eigenvalue weighted by molar-refractivity contribution is 7.93. The van der Waals surface area contributed by atoms with Crippen molar-refractivity contribution in [2.24, 2.45) is 4.36 Å². The van der Waals surface area contributed by atoms with Crippen LogP contribution in [0.25, 0.3) is 28.1 Å². The molecule has 326 valence electrons. The fourth-order valence-corrected chi connectivity index (χ4v) is 10.5. The Morgan fingerprint density at radius 1 is 0.952 bits per heavy atom. The topological polar surface area (TPSA) is 134 Å². The minimum atomic E-state index is -2.83. The Labute approximate surface area is 364 Å². The fraction of sp³-hybridized carbons (Fsp3) is 0.340. The van der Waals surface area contributed by atoms with Gasteiger partial charge in [-0.1, -0.05) is 13.0 Å². The van der Waals surface area contributed by atoms with Crippen molar-refractivity contribution >= 4 is 26.5 Å². The maximum atomic E-state index is 15.9. The van der Waals surface area contributed by atoms with Gasteiger partial charge < -0.3 is 14.2 Å². The second kappa shape index (κ2) is 16.5. The second-order valence-corrected chi connectivity index (χ2v) is 19.1. The van der Waals surface area contributed by atoms with Crippen molar-refractivity contribution in [3.63, 3.8) is 0 Å².